The minimum atomic E-state index is 0.379. The molecule has 0 aliphatic carbocycles. The molecule has 0 spiro atoms. The van der Waals surface area contributed by atoms with Gasteiger partial charge in [-0.05, 0) is 19.5 Å². The zero-order valence-corrected chi connectivity index (χ0v) is 12.9. The SMILES string of the molecule is COCC(CNCC(C)C)N(C)Cc1cnn(C)c1. The van der Waals surface area contributed by atoms with Crippen LogP contribution in [0.25, 0.3) is 0 Å². The summed E-state index contributed by atoms with van der Waals surface area (Å²) in [6.07, 6.45) is 3.98. The van der Waals surface area contributed by atoms with E-state index in [9.17, 15) is 0 Å². The fourth-order valence-corrected chi connectivity index (χ4v) is 2.04. The molecule has 5 heteroatoms. The van der Waals surface area contributed by atoms with Crippen molar-refractivity contribution in [2.75, 3.05) is 33.9 Å². The van der Waals surface area contributed by atoms with E-state index in [-0.39, 0.29) is 0 Å². The third-order valence-electron chi connectivity index (χ3n) is 3.11. The van der Waals surface area contributed by atoms with E-state index < -0.39 is 0 Å². The molecule has 1 aromatic heterocycles. The van der Waals surface area contributed by atoms with Gasteiger partial charge in [0.2, 0.25) is 0 Å². The lowest BCUT2D eigenvalue weighted by atomic mass is 10.2. The van der Waals surface area contributed by atoms with Crippen molar-refractivity contribution < 1.29 is 4.74 Å². The van der Waals surface area contributed by atoms with Crippen LogP contribution in [0.5, 0.6) is 0 Å². The molecular weight excluding hydrogens is 240 g/mol. The Bertz CT molecular complexity index is 351. The van der Waals surface area contributed by atoms with Crippen LogP contribution in [-0.2, 0) is 18.3 Å². The van der Waals surface area contributed by atoms with Crippen molar-refractivity contribution in [3.05, 3.63) is 18.0 Å². The second-order valence-corrected chi connectivity index (χ2v) is 5.60. The van der Waals surface area contributed by atoms with Crippen molar-refractivity contribution >= 4 is 0 Å². The predicted molar refractivity (Wildman–Crippen MR) is 78.0 cm³/mol. The van der Waals surface area contributed by atoms with Gasteiger partial charge in [-0.2, -0.15) is 5.10 Å². The fraction of sp³-hybridized carbons (Fsp3) is 0.786. The fourth-order valence-electron chi connectivity index (χ4n) is 2.04. The second-order valence-electron chi connectivity index (χ2n) is 5.60. The molecule has 1 aromatic rings. The Morgan fingerprint density at radius 2 is 2.16 bits per heavy atom. The highest BCUT2D eigenvalue weighted by atomic mass is 16.5. The molecule has 19 heavy (non-hydrogen) atoms. The second kappa shape index (κ2) is 8.30. The van der Waals surface area contributed by atoms with Crippen molar-refractivity contribution in [2.45, 2.75) is 26.4 Å². The lowest BCUT2D eigenvalue weighted by Crippen LogP contribution is -2.43. The number of methoxy groups -OCH3 is 1. The Morgan fingerprint density at radius 3 is 2.68 bits per heavy atom. The van der Waals surface area contributed by atoms with Crippen molar-refractivity contribution in [1.29, 1.82) is 0 Å². The standard InChI is InChI=1S/C14H28N4O/c1-12(2)6-15-8-14(11-19-5)17(3)9-13-7-16-18(4)10-13/h7,10,12,14-15H,6,8-9,11H2,1-5H3. The molecule has 0 aliphatic rings. The smallest absolute Gasteiger partial charge is 0.0630 e. The number of ether oxygens (including phenoxy) is 1. The van der Waals surface area contributed by atoms with Gasteiger partial charge in [0.15, 0.2) is 0 Å². The molecule has 1 N–H and O–H groups in total. The van der Waals surface area contributed by atoms with Gasteiger partial charge in [0, 0.05) is 45.0 Å². The van der Waals surface area contributed by atoms with Gasteiger partial charge in [0.1, 0.15) is 0 Å². The number of hydrogen-bond acceptors (Lipinski definition) is 4. The first-order chi connectivity index (χ1) is 9.02. The first-order valence-electron chi connectivity index (χ1n) is 6.90. The first kappa shape index (κ1) is 16.1. The number of nitrogens with zero attached hydrogens (tertiary/aromatic N) is 3. The minimum absolute atomic E-state index is 0.379. The van der Waals surface area contributed by atoms with Crippen molar-refractivity contribution in [2.24, 2.45) is 13.0 Å². The summed E-state index contributed by atoms with van der Waals surface area (Å²) in [6.45, 7) is 8.06. The van der Waals surface area contributed by atoms with E-state index in [4.69, 9.17) is 4.74 Å². The number of hydrogen-bond donors (Lipinski definition) is 1. The van der Waals surface area contributed by atoms with Gasteiger partial charge in [-0.1, -0.05) is 13.8 Å². The highest BCUT2D eigenvalue weighted by molar-refractivity contribution is 5.03. The normalized spacial score (nSPS) is 13.4. The summed E-state index contributed by atoms with van der Waals surface area (Å²) in [4.78, 5) is 2.31. The van der Waals surface area contributed by atoms with Gasteiger partial charge in [-0.15, -0.1) is 0 Å². The zero-order chi connectivity index (χ0) is 14.3. The van der Waals surface area contributed by atoms with E-state index in [1.54, 1.807) is 7.11 Å². The molecule has 0 fully saturated rings. The Morgan fingerprint density at radius 1 is 1.42 bits per heavy atom. The zero-order valence-electron chi connectivity index (χ0n) is 12.9. The predicted octanol–water partition coefficient (Wildman–Crippen LogP) is 1.11. The maximum Gasteiger partial charge on any atom is 0.0630 e. The van der Waals surface area contributed by atoms with Crippen LogP contribution >= 0.6 is 0 Å². The van der Waals surface area contributed by atoms with Crippen LogP contribution in [0.15, 0.2) is 12.4 Å². The van der Waals surface area contributed by atoms with Crippen LogP contribution in [0.4, 0.5) is 0 Å². The van der Waals surface area contributed by atoms with Crippen molar-refractivity contribution in [3.8, 4) is 0 Å². The van der Waals surface area contributed by atoms with Gasteiger partial charge < -0.3 is 10.1 Å². The van der Waals surface area contributed by atoms with Crippen molar-refractivity contribution in [1.82, 2.24) is 20.0 Å². The van der Waals surface area contributed by atoms with Crippen LogP contribution in [0, 0.1) is 5.92 Å². The maximum atomic E-state index is 5.32. The molecular formula is C14H28N4O. The topological polar surface area (TPSA) is 42.3 Å². The third kappa shape index (κ3) is 6.18. The van der Waals surface area contributed by atoms with E-state index in [0.717, 1.165) is 26.2 Å². The highest BCUT2D eigenvalue weighted by Crippen LogP contribution is 2.05. The molecule has 0 saturated carbocycles. The van der Waals surface area contributed by atoms with E-state index >= 15 is 0 Å². The molecule has 0 amide bonds. The van der Waals surface area contributed by atoms with Crippen LogP contribution in [0.3, 0.4) is 0 Å². The summed E-state index contributed by atoms with van der Waals surface area (Å²) >= 11 is 0. The molecule has 1 unspecified atom stereocenters. The summed E-state index contributed by atoms with van der Waals surface area (Å²) in [7, 11) is 5.83. The third-order valence-corrected chi connectivity index (χ3v) is 3.11. The summed E-state index contributed by atoms with van der Waals surface area (Å²) < 4.78 is 7.16. The number of rotatable bonds is 9. The Kier molecular flexibility index (Phi) is 7.05. The number of aromatic nitrogens is 2. The molecule has 1 rings (SSSR count). The van der Waals surface area contributed by atoms with Gasteiger partial charge >= 0.3 is 0 Å². The van der Waals surface area contributed by atoms with E-state index in [1.165, 1.54) is 5.56 Å². The summed E-state index contributed by atoms with van der Waals surface area (Å²) in [5, 5.41) is 7.70. The molecule has 1 atom stereocenters. The van der Waals surface area contributed by atoms with E-state index in [0.29, 0.717) is 12.0 Å². The average Bonchev–Trinajstić information content (AvgIpc) is 2.73. The van der Waals surface area contributed by atoms with Crippen LogP contribution < -0.4 is 5.32 Å². The molecule has 1 heterocycles. The molecule has 0 saturated heterocycles. The minimum Gasteiger partial charge on any atom is -0.383 e. The Hall–Kier alpha value is -0.910. The maximum absolute atomic E-state index is 5.32. The Balaban J connectivity index is 2.44. The highest BCUT2D eigenvalue weighted by Gasteiger charge is 2.15. The first-order valence-corrected chi connectivity index (χ1v) is 6.90. The largest absolute Gasteiger partial charge is 0.383 e. The lowest BCUT2D eigenvalue weighted by Gasteiger charge is -2.27. The lowest BCUT2D eigenvalue weighted by molar-refractivity contribution is 0.101. The molecule has 5 nitrogen and oxygen atoms in total. The summed E-state index contributed by atoms with van der Waals surface area (Å²) in [5.74, 6) is 0.673. The van der Waals surface area contributed by atoms with Crippen LogP contribution in [0.1, 0.15) is 19.4 Å². The molecule has 0 aromatic carbocycles. The summed E-state index contributed by atoms with van der Waals surface area (Å²) in [6, 6.07) is 0.379. The van der Waals surface area contributed by atoms with Gasteiger partial charge in [-0.3, -0.25) is 9.58 Å². The monoisotopic (exact) mass is 268 g/mol. The van der Waals surface area contributed by atoms with Crippen molar-refractivity contribution in [3.63, 3.8) is 0 Å². The van der Waals surface area contributed by atoms with Gasteiger partial charge in [0.25, 0.3) is 0 Å². The van der Waals surface area contributed by atoms with Gasteiger partial charge in [0.05, 0.1) is 12.8 Å². The van der Waals surface area contributed by atoms with E-state index in [1.807, 2.05) is 17.9 Å². The molecule has 110 valence electrons. The molecule has 0 aliphatic heterocycles. The quantitative estimate of drug-likeness (QED) is 0.728. The van der Waals surface area contributed by atoms with E-state index in [2.05, 4.69) is 42.4 Å². The molecule has 0 radical (unpaired) electrons. The average molecular weight is 268 g/mol. The van der Waals surface area contributed by atoms with Crippen LogP contribution in [0.2, 0.25) is 0 Å². The number of nitrogens with one attached hydrogen (secondary N) is 1. The van der Waals surface area contributed by atoms with Crippen LogP contribution in [-0.4, -0.2) is 54.6 Å². The number of aryl methyl sites for hydroxylation is 1. The molecule has 0 bridgehead atoms. The number of likely N-dealkylation sites (N-methyl/N-ethyl adjacent to an activating group) is 1. The Labute approximate surface area is 116 Å². The summed E-state index contributed by atoms with van der Waals surface area (Å²) in [5.41, 5.74) is 1.23. The van der Waals surface area contributed by atoms with Gasteiger partial charge in [-0.25, -0.2) is 0 Å².